The molecule has 0 radical (unpaired) electrons. The normalized spacial score (nSPS) is 19.0. The molecule has 2 heterocycles. The molecule has 1 aromatic heterocycles. The molecular formula is C15H18N2O. The van der Waals surface area contributed by atoms with Crippen molar-refractivity contribution in [3.8, 4) is 11.4 Å². The summed E-state index contributed by atoms with van der Waals surface area (Å²) in [4.78, 5) is 0. The van der Waals surface area contributed by atoms with E-state index in [-0.39, 0.29) is 0 Å². The first-order valence-corrected chi connectivity index (χ1v) is 6.51. The van der Waals surface area contributed by atoms with Crippen molar-refractivity contribution < 1.29 is 4.74 Å². The first-order valence-electron chi connectivity index (χ1n) is 6.51. The summed E-state index contributed by atoms with van der Waals surface area (Å²) >= 11 is 0. The molecule has 1 unspecified atom stereocenters. The van der Waals surface area contributed by atoms with Gasteiger partial charge in [0.25, 0.3) is 0 Å². The summed E-state index contributed by atoms with van der Waals surface area (Å²) in [5.41, 5.74) is 1.16. The monoisotopic (exact) mass is 242 g/mol. The molecule has 1 atom stereocenters. The molecule has 0 aliphatic carbocycles. The number of hydrogen-bond donors (Lipinski definition) is 1. The number of nitrogens with one attached hydrogen (secondary N) is 1. The Morgan fingerprint density at radius 3 is 2.61 bits per heavy atom. The second-order valence-electron chi connectivity index (χ2n) is 4.69. The lowest BCUT2D eigenvalue weighted by molar-refractivity contribution is 0.277. The number of ether oxygens (including phenoxy) is 1. The maximum Gasteiger partial charge on any atom is 0.119 e. The fourth-order valence-corrected chi connectivity index (χ4v) is 2.32. The number of nitrogens with zero attached hydrogens (tertiary/aromatic N) is 1. The minimum Gasteiger partial charge on any atom is -0.492 e. The van der Waals surface area contributed by atoms with E-state index in [2.05, 4.69) is 22.0 Å². The van der Waals surface area contributed by atoms with Crippen molar-refractivity contribution in [2.24, 2.45) is 0 Å². The molecule has 0 amide bonds. The molecule has 18 heavy (non-hydrogen) atoms. The van der Waals surface area contributed by atoms with Gasteiger partial charge in [0.2, 0.25) is 0 Å². The highest BCUT2D eigenvalue weighted by Crippen LogP contribution is 2.16. The third-order valence-electron chi connectivity index (χ3n) is 3.35. The van der Waals surface area contributed by atoms with Crippen LogP contribution in [0.4, 0.5) is 0 Å². The Morgan fingerprint density at radius 2 is 1.94 bits per heavy atom. The molecule has 3 heteroatoms. The summed E-state index contributed by atoms with van der Waals surface area (Å²) in [7, 11) is 0. The van der Waals surface area contributed by atoms with Gasteiger partial charge in [-0.25, -0.2) is 0 Å². The Labute approximate surface area is 107 Å². The first kappa shape index (κ1) is 11.4. The van der Waals surface area contributed by atoms with E-state index in [4.69, 9.17) is 4.74 Å². The van der Waals surface area contributed by atoms with Crippen molar-refractivity contribution in [2.45, 2.75) is 18.9 Å². The number of benzene rings is 1. The zero-order chi connectivity index (χ0) is 12.2. The van der Waals surface area contributed by atoms with Gasteiger partial charge < -0.3 is 14.6 Å². The van der Waals surface area contributed by atoms with E-state index in [1.165, 1.54) is 12.8 Å². The summed E-state index contributed by atoms with van der Waals surface area (Å²) in [6.07, 6.45) is 6.57. The second-order valence-corrected chi connectivity index (χ2v) is 4.69. The van der Waals surface area contributed by atoms with Gasteiger partial charge in [0.05, 0.1) is 0 Å². The molecule has 94 valence electrons. The average Bonchev–Trinajstić information content (AvgIpc) is 3.10. The molecule has 1 aliphatic rings. The van der Waals surface area contributed by atoms with E-state index in [9.17, 15) is 0 Å². The topological polar surface area (TPSA) is 26.2 Å². The molecule has 0 spiro atoms. The Bertz CT molecular complexity index is 470. The predicted molar refractivity (Wildman–Crippen MR) is 72.3 cm³/mol. The SMILES string of the molecule is c1ccn(-c2ccc(OCC3CCCN3)cc2)c1. The Morgan fingerprint density at radius 1 is 1.17 bits per heavy atom. The molecule has 2 aromatic rings. The van der Waals surface area contributed by atoms with Crippen LogP contribution in [0.15, 0.2) is 48.8 Å². The van der Waals surface area contributed by atoms with E-state index in [0.29, 0.717) is 6.04 Å². The van der Waals surface area contributed by atoms with E-state index in [0.717, 1.165) is 24.6 Å². The van der Waals surface area contributed by atoms with Gasteiger partial charge in [-0.3, -0.25) is 0 Å². The van der Waals surface area contributed by atoms with E-state index in [1.54, 1.807) is 0 Å². The predicted octanol–water partition coefficient (Wildman–Crippen LogP) is 2.61. The van der Waals surface area contributed by atoms with Crippen LogP contribution in [0.1, 0.15) is 12.8 Å². The van der Waals surface area contributed by atoms with Crippen LogP contribution in [0.3, 0.4) is 0 Å². The van der Waals surface area contributed by atoms with Gasteiger partial charge in [-0.05, 0) is 55.8 Å². The lowest BCUT2D eigenvalue weighted by Crippen LogP contribution is -2.28. The molecule has 3 nitrogen and oxygen atoms in total. The van der Waals surface area contributed by atoms with Gasteiger partial charge in [0, 0.05) is 24.1 Å². The summed E-state index contributed by atoms with van der Waals surface area (Å²) in [5, 5.41) is 3.43. The van der Waals surface area contributed by atoms with Crippen molar-refractivity contribution in [1.82, 2.24) is 9.88 Å². The highest BCUT2D eigenvalue weighted by atomic mass is 16.5. The average molecular weight is 242 g/mol. The van der Waals surface area contributed by atoms with Crippen LogP contribution in [-0.4, -0.2) is 23.8 Å². The Balaban J connectivity index is 1.60. The number of aromatic nitrogens is 1. The van der Waals surface area contributed by atoms with Gasteiger partial charge in [-0.2, -0.15) is 0 Å². The summed E-state index contributed by atoms with van der Waals surface area (Å²) in [5.74, 6) is 0.944. The molecule has 1 aliphatic heterocycles. The summed E-state index contributed by atoms with van der Waals surface area (Å²) < 4.78 is 7.88. The molecule has 1 aromatic carbocycles. The first-order chi connectivity index (χ1) is 8.92. The van der Waals surface area contributed by atoms with Crippen molar-refractivity contribution in [2.75, 3.05) is 13.2 Å². The maximum absolute atomic E-state index is 5.79. The number of hydrogen-bond acceptors (Lipinski definition) is 2. The van der Waals surface area contributed by atoms with Gasteiger partial charge in [0.1, 0.15) is 12.4 Å². The summed E-state index contributed by atoms with van der Waals surface area (Å²) in [6, 6.07) is 12.8. The fraction of sp³-hybridized carbons (Fsp3) is 0.333. The van der Waals surface area contributed by atoms with Crippen molar-refractivity contribution in [1.29, 1.82) is 0 Å². The van der Waals surface area contributed by atoms with Crippen molar-refractivity contribution in [3.05, 3.63) is 48.8 Å². The van der Waals surface area contributed by atoms with Gasteiger partial charge in [-0.1, -0.05) is 0 Å². The highest BCUT2D eigenvalue weighted by molar-refractivity contribution is 5.37. The zero-order valence-electron chi connectivity index (χ0n) is 10.4. The zero-order valence-corrected chi connectivity index (χ0v) is 10.4. The van der Waals surface area contributed by atoms with Gasteiger partial charge in [0.15, 0.2) is 0 Å². The van der Waals surface area contributed by atoms with E-state index < -0.39 is 0 Å². The fourth-order valence-electron chi connectivity index (χ4n) is 2.32. The third-order valence-corrected chi connectivity index (χ3v) is 3.35. The smallest absolute Gasteiger partial charge is 0.119 e. The van der Waals surface area contributed by atoms with Crippen LogP contribution >= 0.6 is 0 Å². The molecule has 1 saturated heterocycles. The standard InChI is InChI=1S/C15H18N2O/c1-2-11-17(10-1)14-5-7-15(8-6-14)18-12-13-4-3-9-16-13/h1-2,5-8,10-11,13,16H,3-4,9,12H2. The largest absolute Gasteiger partial charge is 0.492 e. The van der Waals surface area contributed by atoms with Crippen LogP contribution in [0.5, 0.6) is 5.75 Å². The van der Waals surface area contributed by atoms with Crippen LogP contribution in [0.25, 0.3) is 5.69 Å². The second kappa shape index (κ2) is 5.27. The molecule has 1 N–H and O–H groups in total. The molecule has 0 saturated carbocycles. The molecule has 1 fully saturated rings. The lowest BCUT2D eigenvalue weighted by atomic mass is 10.2. The van der Waals surface area contributed by atoms with Gasteiger partial charge >= 0.3 is 0 Å². The van der Waals surface area contributed by atoms with E-state index >= 15 is 0 Å². The highest BCUT2D eigenvalue weighted by Gasteiger charge is 2.14. The van der Waals surface area contributed by atoms with Crippen LogP contribution in [0, 0.1) is 0 Å². The quantitative estimate of drug-likeness (QED) is 0.892. The number of rotatable bonds is 4. The van der Waals surface area contributed by atoms with Gasteiger partial charge in [-0.15, -0.1) is 0 Å². The minimum absolute atomic E-state index is 0.522. The molecule has 0 bridgehead atoms. The molecular weight excluding hydrogens is 224 g/mol. The van der Waals surface area contributed by atoms with Crippen LogP contribution < -0.4 is 10.1 Å². The van der Waals surface area contributed by atoms with Crippen molar-refractivity contribution >= 4 is 0 Å². The maximum atomic E-state index is 5.79. The molecule has 3 rings (SSSR count). The minimum atomic E-state index is 0.522. The summed E-state index contributed by atoms with van der Waals surface area (Å²) in [6.45, 7) is 1.89. The Kier molecular flexibility index (Phi) is 3.33. The van der Waals surface area contributed by atoms with Crippen molar-refractivity contribution in [3.63, 3.8) is 0 Å². The van der Waals surface area contributed by atoms with Crippen LogP contribution in [-0.2, 0) is 0 Å². The Hall–Kier alpha value is -1.74. The third kappa shape index (κ3) is 2.57. The van der Waals surface area contributed by atoms with E-state index in [1.807, 2.05) is 36.7 Å². The van der Waals surface area contributed by atoms with Crippen LogP contribution in [0.2, 0.25) is 0 Å². The lowest BCUT2D eigenvalue weighted by Gasteiger charge is -2.12.